The summed E-state index contributed by atoms with van der Waals surface area (Å²) in [5.41, 5.74) is 5.03. The van der Waals surface area contributed by atoms with Crippen molar-refractivity contribution in [3.8, 4) is 5.88 Å². The SMILES string of the molecule is NCc1ccnc(OCC2(F)COC2)c1. The Morgan fingerprint density at radius 3 is 3.00 bits per heavy atom. The molecule has 1 aliphatic rings. The molecule has 0 unspecified atom stereocenters. The fourth-order valence-corrected chi connectivity index (χ4v) is 1.27. The molecule has 0 bridgehead atoms. The van der Waals surface area contributed by atoms with Crippen molar-refractivity contribution in [1.82, 2.24) is 4.98 Å². The summed E-state index contributed by atoms with van der Waals surface area (Å²) in [6, 6.07) is 3.51. The zero-order valence-corrected chi connectivity index (χ0v) is 8.28. The molecule has 1 aliphatic heterocycles. The van der Waals surface area contributed by atoms with E-state index in [1.807, 2.05) is 0 Å². The first-order chi connectivity index (χ1) is 7.22. The average Bonchev–Trinajstić information content (AvgIpc) is 2.24. The molecule has 1 fully saturated rings. The van der Waals surface area contributed by atoms with Crippen LogP contribution >= 0.6 is 0 Å². The Balaban J connectivity index is 1.92. The summed E-state index contributed by atoms with van der Waals surface area (Å²) in [7, 11) is 0. The number of alkyl halides is 1. The lowest BCUT2D eigenvalue weighted by atomic mass is 10.1. The molecule has 4 nitrogen and oxygen atoms in total. The molecule has 2 N–H and O–H groups in total. The molecule has 82 valence electrons. The highest BCUT2D eigenvalue weighted by molar-refractivity contribution is 5.20. The lowest BCUT2D eigenvalue weighted by Gasteiger charge is -2.32. The number of pyridine rings is 1. The van der Waals surface area contributed by atoms with Crippen molar-refractivity contribution in [2.75, 3.05) is 19.8 Å². The molecule has 0 aliphatic carbocycles. The van der Waals surface area contributed by atoms with Crippen LogP contribution in [0.5, 0.6) is 5.88 Å². The smallest absolute Gasteiger partial charge is 0.213 e. The minimum Gasteiger partial charge on any atom is -0.474 e. The van der Waals surface area contributed by atoms with Crippen molar-refractivity contribution in [2.24, 2.45) is 5.73 Å². The zero-order valence-electron chi connectivity index (χ0n) is 8.28. The Labute approximate surface area is 87.2 Å². The van der Waals surface area contributed by atoms with E-state index < -0.39 is 5.67 Å². The number of hydrogen-bond acceptors (Lipinski definition) is 4. The maximum Gasteiger partial charge on any atom is 0.213 e. The quantitative estimate of drug-likeness (QED) is 0.796. The van der Waals surface area contributed by atoms with E-state index in [-0.39, 0.29) is 19.8 Å². The third kappa shape index (κ3) is 2.43. The van der Waals surface area contributed by atoms with Crippen molar-refractivity contribution < 1.29 is 13.9 Å². The Morgan fingerprint density at radius 2 is 2.40 bits per heavy atom. The molecule has 2 rings (SSSR count). The molecule has 0 amide bonds. The summed E-state index contributed by atoms with van der Waals surface area (Å²) in [6.07, 6.45) is 1.60. The molecule has 5 heteroatoms. The number of ether oxygens (including phenoxy) is 2. The van der Waals surface area contributed by atoms with Gasteiger partial charge in [-0.25, -0.2) is 9.37 Å². The molecular weight excluding hydrogens is 199 g/mol. The standard InChI is InChI=1S/C10H13FN2O2/c11-10(5-14-6-10)7-15-9-3-8(4-12)1-2-13-9/h1-3H,4-7,12H2. The zero-order chi connectivity index (χ0) is 10.7. The maximum absolute atomic E-state index is 13.5. The summed E-state index contributed by atoms with van der Waals surface area (Å²) in [6.45, 7) is 0.601. The molecule has 0 atom stereocenters. The van der Waals surface area contributed by atoms with Crippen molar-refractivity contribution in [2.45, 2.75) is 12.2 Å². The van der Waals surface area contributed by atoms with Gasteiger partial charge in [-0.15, -0.1) is 0 Å². The molecule has 0 spiro atoms. The molecule has 15 heavy (non-hydrogen) atoms. The van der Waals surface area contributed by atoms with Crippen LogP contribution in [-0.4, -0.2) is 30.5 Å². The van der Waals surface area contributed by atoms with Gasteiger partial charge in [-0.1, -0.05) is 0 Å². The first-order valence-corrected chi connectivity index (χ1v) is 4.76. The van der Waals surface area contributed by atoms with Gasteiger partial charge in [0.1, 0.15) is 6.61 Å². The van der Waals surface area contributed by atoms with Crippen LogP contribution in [0.15, 0.2) is 18.3 Å². The minimum absolute atomic E-state index is 0.0198. The van der Waals surface area contributed by atoms with Crippen molar-refractivity contribution in [1.29, 1.82) is 0 Å². The Bertz CT molecular complexity index is 342. The third-order valence-corrected chi connectivity index (χ3v) is 2.24. The van der Waals surface area contributed by atoms with Gasteiger partial charge >= 0.3 is 0 Å². The second kappa shape index (κ2) is 4.12. The second-order valence-electron chi connectivity index (χ2n) is 3.64. The predicted molar refractivity (Wildman–Crippen MR) is 52.3 cm³/mol. The van der Waals surface area contributed by atoms with Crippen LogP contribution in [0, 0.1) is 0 Å². The summed E-state index contributed by atoms with van der Waals surface area (Å²) < 4.78 is 23.5. The van der Waals surface area contributed by atoms with Gasteiger partial charge in [-0.3, -0.25) is 0 Å². The van der Waals surface area contributed by atoms with Crippen LogP contribution in [0.2, 0.25) is 0 Å². The van der Waals surface area contributed by atoms with Crippen LogP contribution in [0.1, 0.15) is 5.56 Å². The Morgan fingerprint density at radius 1 is 1.60 bits per heavy atom. The molecule has 0 saturated carbocycles. The van der Waals surface area contributed by atoms with E-state index in [0.717, 1.165) is 5.56 Å². The van der Waals surface area contributed by atoms with Crippen molar-refractivity contribution in [3.05, 3.63) is 23.9 Å². The first-order valence-electron chi connectivity index (χ1n) is 4.76. The second-order valence-corrected chi connectivity index (χ2v) is 3.64. The third-order valence-electron chi connectivity index (χ3n) is 2.24. The van der Waals surface area contributed by atoms with Crippen LogP contribution < -0.4 is 10.5 Å². The molecule has 1 aromatic heterocycles. The van der Waals surface area contributed by atoms with Crippen molar-refractivity contribution >= 4 is 0 Å². The highest BCUT2D eigenvalue weighted by Gasteiger charge is 2.39. The van der Waals surface area contributed by atoms with Gasteiger partial charge in [0.15, 0.2) is 5.67 Å². The number of aromatic nitrogens is 1. The van der Waals surface area contributed by atoms with Gasteiger partial charge in [0.2, 0.25) is 5.88 Å². The minimum atomic E-state index is -1.35. The molecule has 1 saturated heterocycles. The summed E-state index contributed by atoms with van der Waals surface area (Å²) in [5.74, 6) is 0.405. The van der Waals surface area contributed by atoms with E-state index in [4.69, 9.17) is 15.2 Å². The van der Waals surface area contributed by atoms with E-state index in [0.29, 0.717) is 12.4 Å². The van der Waals surface area contributed by atoms with Crippen LogP contribution in [-0.2, 0) is 11.3 Å². The van der Waals surface area contributed by atoms with Gasteiger partial charge in [-0.05, 0) is 11.6 Å². The number of hydrogen-bond donors (Lipinski definition) is 1. The molecule has 2 heterocycles. The normalized spacial score (nSPS) is 18.3. The van der Waals surface area contributed by atoms with E-state index in [9.17, 15) is 4.39 Å². The van der Waals surface area contributed by atoms with Crippen LogP contribution in [0.3, 0.4) is 0 Å². The van der Waals surface area contributed by atoms with Gasteiger partial charge < -0.3 is 15.2 Å². The lowest BCUT2D eigenvalue weighted by molar-refractivity contribution is -0.146. The topological polar surface area (TPSA) is 57.4 Å². The molecule has 0 radical (unpaired) electrons. The Kier molecular flexibility index (Phi) is 2.83. The fourth-order valence-electron chi connectivity index (χ4n) is 1.27. The highest BCUT2D eigenvalue weighted by atomic mass is 19.1. The summed E-state index contributed by atoms with van der Waals surface area (Å²) in [4.78, 5) is 3.96. The predicted octanol–water partition coefficient (Wildman–Crippen LogP) is 0.658. The van der Waals surface area contributed by atoms with E-state index >= 15 is 0 Å². The number of halogens is 1. The van der Waals surface area contributed by atoms with Gasteiger partial charge in [-0.2, -0.15) is 0 Å². The monoisotopic (exact) mass is 212 g/mol. The van der Waals surface area contributed by atoms with E-state index in [1.54, 1.807) is 18.3 Å². The average molecular weight is 212 g/mol. The molecule has 1 aromatic rings. The van der Waals surface area contributed by atoms with Gasteiger partial charge in [0, 0.05) is 18.8 Å². The number of nitrogens with zero attached hydrogens (tertiary/aromatic N) is 1. The largest absolute Gasteiger partial charge is 0.474 e. The number of nitrogens with two attached hydrogens (primary N) is 1. The van der Waals surface area contributed by atoms with Gasteiger partial charge in [0.05, 0.1) is 13.2 Å². The van der Waals surface area contributed by atoms with E-state index in [2.05, 4.69) is 4.98 Å². The van der Waals surface area contributed by atoms with E-state index in [1.165, 1.54) is 0 Å². The maximum atomic E-state index is 13.5. The Hall–Kier alpha value is -1.20. The fraction of sp³-hybridized carbons (Fsp3) is 0.500. The first kappa shape index (κ1) is 10.3. The lowest BCUT2D eigenvalue weighted by Crippen LogP contribution is -2.50. The van der Waals surface area contributed by atoms with Gasteiger partial charge in [0.25, 0.3) is 0 Å². The van der Waals surface area contributed by atoms with Crippen LogP contribution in [0.4, 0.5) is 4.39 Å². The summed E-state index contributed by atoms with van der Waals surface area (Å²) >= 11 is 0. The molecular formula is C10H13FN2O2. The van der Waals surface area contributed by atoms with Crippen LogP contribution in [0.25, 0.3) is 0 Å². The summed E-state index contributed by atoms with van der Waals surface area (Å²) in [5, 5.41) is 0. The van der Waals surface area contributed by atoms with Crippen molar-refractivity contribution in [3.63, 3.8) is 0 Å². The highest BCUT2D eigenvalue weighted by Crippen LogP contribution is 2.22. The number of rotatable bonds is 4. The molecule has 0 aromatic carbocycles.